The number of nitrogens with zero attached hydrogens (tertiary/aromatic N) is 2. The molecule has 3 nitrogen and oxygen atoms in total. The van der Waals surface area contributed by atoms with Gasteiger partial charge in [0, 0.05) is 4.47 Å². The molecule has 0 aliphatic rings. The zero-order valence-electron chi connectivity index (χ0n) is 6.67. The van der Waals surface area contributed by atoms with Gasteiger partial charge in [0.1, 0.15) is 17.5 Å². The number of pyridine rings is 1. The van der Waals surface area contributed by atoms with Gasteiger partial charge in [0.15, 0.2) is 6.29 Å². The summed E-state index contributed by atoms with van der Waals surface area (Å²) < 4.78 is 24.9. The third kappa shape index (κ3) is 1.93. The smallest absolute Gasteiger partial charge is 0.281 e. The van der Waals surface area contributed by atoms with Gasteiger partial charge in [-0.15, -0.1) is 0 Å². The maximum atomic E-state index is 12.4. The average molecular weight is 261 g/mol. The molecule has 0 saturated heterocycles. The van der Waals surface area contributed by atoms with Crippen LogP contribution in [0.15, 0.2) is 10.5 Å². The lowest BCUT2D eigenvalue weighted by atomic mass is 10.2. The molecule has 1 heterocycles. The number of aldehydes is 1. The number of hydrogen-bond donors (Lipinski definition) is 0. The molecule has 6 heteroatoms. The number of rotatable bonds is 2. The van der Waals surface area contributed by atoms with E-state index in [1.165, 1.54) is 6.07 Å². The molecule has 14 heavy (non-hydrogen) atoms. The lowest BCUT2D eigenvalue weighted by molar-refractivity contribution is 0.110. The topological polar surface area (TPSA) is 53.8 Å². The first-order valence-corrected chi connectivity index (χ1v) is 4.23. The fourth-order valence-electron chi connectivity index (χ4n) is 0.883. The lowest BCUT2D eigenvalue weighted by Crippen LogP contribution is -2.01. The van der Waals surface area contributed by atoms with Crippen LogP contribution >= 0.6 is 15.9 Å². The average Bonchev–Trinajstić information content (AvgIpc) is 2.16. The third-order valence-electron chi connectivity index (χ3n) is 1.48. The Morgan fingerprint density at radius 2 is 2.29 bits per heavy atom. The Labute approximate surface area is 86.5 Å². The summed E-state index contributed by atoms with van der Waals surface area (Å²) in [6, 6.07) is 2.84. The van der Waals surface area contributed by atoms with Crippen LogP contribution in [0.25, 0.3) is 0 Å². The molecule has 0 fully saturated rings. The van der Waals surface area contributed by atoms with E-state index in [0.717, 1.165) is 0 Å². The summed E-state index contributed by atoms with van der Waals surface area (Å²) in [5.74, 6) is 0. The summed E-state index contributed by atoms with van der Waals surface area (Å²) in [5, 5.41) is 8.47. The van der Waals surface area contributed by atoms with E-state index in [-0.39, 0.29) is 22.0 Å². The second-order valence-corrected chi connectivity index (χ2v) is 3.17. The van der Waals surface area contributed by atoms with Crippen LogP contribution in [0.2, 0.25) is 0 Å². The fraction of sp³-hybridized carbons (Fsp3) is 0.125. The zero-order valence-corrected chi connectivity index (χ0v) is 8.25. The van der Waals surface area contributed by atoms with Gasteiger partial charge in [-0.1, -0.05) is 0 Å². The van der Waals surface area contributed by atoms with Gasteiger partial charge in [-0.2, -0.15) is 5.26 Å². The molecule has 0 aromatic carbocycles. The lowest BCUT2D eigenvalue weighted by Gasteiger charge is -2.04. The highest BCUT2D eigenvalue weighted by Crippen LogP contribution is 2.26. The van der Waals surface area contributed by atoms with Crippen molar-refractivity contribution in [3.8, 4) is 6.07 Å². The number of carbonyl (C=O) groups is 1. The molecule has 1 aromatic heterocycles. The number of hydrogen-bond acceptors (Lipinski definition) is 3. The van der Waals surface area contributed by atoms with Crippen molar-refractivity contribution in [3.63, 3.8) is 0 Å². The highest BCUT2D eigenvalue weighted by atomic mass is 79.9. The van der Waals surface area contributed by atoms with E-state index in [2.05, 4.69) is 20.9 Å². The van der Waals surface area contributed by atoms with Crippen molar-refractivity contribution in [2.24, 2.45) is 0 Å². The summed E-state index contributed by atoms with van der Waals surface area (Å²) >= 11 is 2.91. The van der Waals surface area contributed by atoms with Gasteiger partial charge in [-0.3, -0.25) is 4.79 Å². The van der Waals surface area contributed by atoms with Crippen LogP contribution in [0.3, 0.4) is 0 Å². The second kappa shape index (κ2) is 4.24. The van der Waals surface area contributed by atoms with Crippen molar-refractivity contribution in [1.29, 1.82) is 5.26 Å². The highest BCUT2D eigenvalue weighted by Gasteiger charge is 2.18. The first-order chi connectivity index (χ1) is 6.60. The summed E-state index contributed by atoms with van der Waals surface area (Å²) in [6.45, 7) is 0. The van der Waals surface area contributed by atoms with Gasteiger partial charge in [0.25, 0.3) is 6.43 Å². The van der Waals surface area contributed by atoms with Crippen molar-refractivity contribution < 1.29 is 13.6 Å². The maximum Gasteiger partial charge on any atom is 0.281 e. The molecule has 0 amide bonds. The van der Waals surface area contributed by atoms with Crippen LogP contribution in [-0.4, -0.2) is 11.3 Å². The predicted molar refractivity (Wildman–Crippen MR) is 47.0 cm³/mol. The SMILES string of the molecule is N#Cc1cc(Br)c(C=O)c(C(F)F)n1. The van der Waals surface area contributed by atoms with Crippen LogP contribution in [0.4, 0.5) is 8.78 Å². The fourth-order valence-corrected chi connectivity index (χ4v) is 1.40. The number of carbonyl (C=O) groups excluding carboxylic acids is 1. The van der Waals surface area contributed by atoms with Crippen LogP contribution < -0.4 is 0 Å². The van der Waals surface area contributed by atoms with Gasteiger partial charge in [-0.25, -0.2) is 13.8 Å². The molecule has 0 aliphatic carbocycles. The minimum absolute atomic E-state index is 0.148. The quantitative estimate of drug-likeness (QED) is 0.768. The Morgan fingerprint density at radius 1 is 1.64 bits per heavy atom. The van der Waals surface area contributed by atoms with Crippen molar-refractivity contribution >= 4 is 22.2 Å². The van der Waals surface area contributed by atoms with E-state index < -0.39 is 12.1 Å². The Balaban J connectivity index is 3.45. The molecule has 0 saturated carbocycles. The maximum absolute atomic E-state index is 12.4. The summed E-state index contributed by atoms with van der Waals surface area (Å²) in [5.41, 5.74) is -1.05. The molecule has 0 radical (unpaired) electrons. The van der Waals surface area contributed by atoms with E-state index in [1.54, 1.807) is 6.07 Å². The largest absolute Gasteiger partial charge is 0.298 e. The molecular weight excluding hydrogens is 258 g/mol. The molecule has 0 atom stereocenters. The highest BCUT2D eigenvalue weighted by molar-refractivity contribution is 9.10. The molecule has 0 unspecified atom stereocenters. The van der Waals surface area contributed by atoms with E-state index in [9.17, 15) is 13.6 Å². The first-order valence-electron chi connectivity index (χ1n) is 3.44. The summed E-state index contributed by atoms with van der Waals surface area (Å²) in [4.78, 5) is 13.8. The van der Waals surface area contributed by atoms with Gasteiger partial charge < -0.3 is 0 Å². The first kappa shape index (κ1) is 10.7. The third-order valence-corrected chi connectivity index (χ3v) is 2.13. The molecule has 1 rings (SSSR count). The van der Waals surface area contributed by atoms with E-state index in [1.807, 2.05) is 0 Å². The monoisotopic (exact) mass is 260 g/mol. The van der Waals surface area contributed by atoms with Crippen molar-refractivity contribution in [3.05, 3.63) is 27.5 Å². The van der Waals surface area contributed by atoms with Crippen LogP contribution in [0, 0.1) is 11.3 Å². The molecule has 1 aromatic rings. The molecule has 0 aliphatic heterocycles. The Bertz CT molecular complexity index is 415. The molecule has 0 bridgehead atoms. The predicted octanol–water partition coefficient (Wildman–Crippen LogP) is 2.47. The standard InChI is InChI=1S/C8H3BrF2N2O/c9-6-1-4(2-12)13-7(8(10)11)5(6)3-14/h1,3,8H. The minimum Gasteiger partial charge on any atom is -0.298 e. The summed E-state index contributed by atoms with van der Waals surface area (Å²) in [7, 11) is 0. The minimum atomic E-state index is -2.88. The summed E-state index contributed by atoms with van der Waals surface area (Å²) in [6.07, 6.45) is -2.60. The van der Waals surface area contributed by atoms with E-state index in [4.69, 9.17) is 5.26 Å². The van der Waals surface area contributed by atoms with E-state index >= 15 is 0 Å². The molecule has 0 N–H and O–H groups in total. The molecular formula is C8H3BrF2N2O. The van der Waals surface area contributed by atoms with Crippen molar-refractivity contribution in [1.82, 2.24) is 4.98 Å². The Kier molecular flexibility index (Phi) is 3.25. The number of halogens is 3. The van der Waals surface area contributed by atoms with Crippen LogP contribution in [0.5, 0.6) is 0 Å². The Hall–Kier alpha value is -1.35. The van der Waals surface area contributed by atoms with Crippen LogP contribution in [0.1, 0.15) is 28.2 Å². The van der Waals surface area contributed by atoms with Crippen LogP contribution in [-0.2, 0) is 0 Å². The number of aromatic nitrogens is 1. The van der Waals surface area contributed by atoms with Gasteiger partial charge >= 0.3 is 0 Å². The molecule has 0 spiro atoms. The number of alkyl halides is 2. The van der Waals surface area contributed by atoms with E-state index in [0.29, 0.717) is 0 Å². The van der Waals surface area contributed by atoms with Crippen molar-refractivity contribution in [2.45, 2.75) is 6.43 Å². The zero-order chi connectivity index (χ0) is 10.7. The Morgan fingerprint density at radius 3 is 2.71 bits per heavy atom. The molecule has 72 valence electrons. The van der Waals surface area contributed by atoms with Gasteiger partial charge in [0.05, 0.1) is 5.56 Å². The second-order valence-electron chi connectivity index (χ2n) is 2.32. The normalized spacial score (nSPS) is 9.93. The van der Waals surface area contributed by atoms with Crippen molar-refractivity contribution in [2.75, 3.05) is 0 Å². The van der Waals surface area contributed by atoms with Gasteiger partial charge in [-0.05, 0) is 22.0 Å². The number of nitriles is 1. The van der Waals surface area contributed by atoms with Gasteiger partial charge in [0.2, 0.25) is 0 Å².